The van der Waals surface area contributed by atoms with Crippen LogP contribution in [-0.2, 0) is 16.2 Å². The van der Waals surface area contributed by atoms with Gasteiger partial charge in [-0.2, -0.15) is 0 Å². The van der Waals surface area contributed by atoms with E-state index >= 15 is 0 Å². The van der Waals surface area contributed by atoms with Crippen molar-refractivity contribution >= 4 is 11.6 Å². The Hall–Kier alpha value is -0.670. The SMILES string of the molecule is CCOC1(c2ncc(CCl)cn2)CCCC(C)C1. The van der Waals surface area contributed by atoms with E-state index in [1.54, 1.807) is 0 Å². The van der Waals surface area contributed by atoms with Gasteiger partial charge >= 0.3 is 0 Å². The third kappa shape index (κ3) is 2.83. The van der Waals surface area contributed by atoms with Crippen LogP contribution in [0.3, 0.4) is 0 Å². The smallest absolute Gasteiger partial charge is 0.160 e. The fourth-order valence-corrected chi connectivity index (χ4v) is 2.98. The van der Waals surface area contributed by atoms with E-state index in [2.05, 4.69) is 16.9 Å². The maximum atomic E-state index is 6.04. The number of halogens is 1. The van der Waals surface area contributed by atoms with Crippen molar-refractivity contribution in [3.05, 3.63) is 23.8 Å². The average Bonchev–Trinajstić information content (AvgIpc) is 2.39. The van der Waals surface area contributed by atoms with E-state index in [1.807, 2.05) is 19.3 Å². The standard InChI is InChI=1S/C14H21ClN2O/c1-3-18-14(6-4-5-11(2)7-14)13-16-9-12(8-15)10-17-13/h9-11H,3-8H2,1-2H3. The third-order valence-electron chi connectivity index (χ3n) is 3.64. The van der Waals surface area contributed by atoms with Crippen molar-refractivity contribution in [1.29, 1.82) is 0 Å². The molecule has 100 valence electrons. The van der Waals surface area contributed by atoms with Gasteiger partial charge in [0.15, 0.2) is 5.82 Å². The lowest BCUT2D eigenvalue weighted by Gasteiger charge is -2.38. The zero-order valence-electron chi connectivity index (χ0n) is 11.2. The molecule has 3 nitrogen and oxygen atoms in total. The van der Waals surface area contributed by atoms with Gasteiger partial charge in [0, 0.05) is 24.6 Å². The van der Waals surface area contributed by atoms with Crippen molar-refractivity contribution in [2.24, 2.45) is 5.92 Å². The highest BCUT2D eigenvalue weighted by atomic mass is 35.5. The van der Waals surface area contributed by atoms with Crippen molar-refractivity contribution in [1.82, 2.24) is 9.97 Å². The van der Waals surface area contributed by atoms with Crippen LogP contribution in [-0.4, -0.2) is 16.6 Å². The zero-order valence-corrected chi connectivity index (χ0v) is 11.9. The lowest BCUT2D eigenvalue weighted by atomic mass is 9.78. The predicted molar refractivity (Wildman–Crippen MR) is 72.5 cm³/mol. The average molecular weight is 269 g/mol. The molecule has 1 fully saturated rings. The van der Waals surface area contributed by atoms with Gasteiger partial charge in [-0.3, -0.25) is 0 Å². The van der Waals surface area contributed by atoms with Crippen LogP contribution < -0.4 is 0 Å². The minimum absolute atomic E-state index is 0.280. The number of hydrogen-bond donors (Lipinski definition) is 0. The zero-order chi connectivity index (χ0) is 13.0. The molecular weight excluding hydrogens is 248 g/mol. The molecule has 2 unspecified atom stereocenters. The molecule has 1 aromatic heterocycles. The van der Waals surface area contributed by atoms with Gasteiger partial charge in [0.25, 0.3) is 0 Å². The molecule has 1 saturated carbocycles. The van der Waals surface area contributed by atoms with Crippen LogP contribution in [0.15, 0.2) is 12.4 Å². The van der Waals surface area contributed by atoms with Gasteiger partial charge in [0.05, 0.1) is 5.88 Å². The topological polar surface area (TPSA) is 35.0 Å². The van der Waals surface area contributed by atoms with E-state index in [-0.39, 0.29) is 5.60 Å². The fraction of sp³-hybridized carbons (Fsp3) is 0.714. The summed E-state index contributed by atoms with van der Waals surface area (Å²) in [5, 5.41) is 0. The summed E-state index contributed by atoms with van der Waals surface area (Å²) in [5.74, 6) is 1.95. The molecule has 1 aliphatic carbocycles. The van der Waals surface area contributed by atoms with Crippen LogP contribution in [0.5, 0.6) is 0 Å². The molecule has 1 aromatic rings. The third-order valence-corrected chi connectivity index (χ3v) is 3.95. The van der Waals surface area contributed by atoms with Crippen molar-refractivity contribution in [2.45, 2.75) is 51.0 Å². The van der Waals surface area contributed by atoms with Crippen LogP contribution in [0.2, 0.25) is 0 Å². The Balaban J connectivity index is 2.27. The van der Waals surface area contributed by atoms with E-state index in [0.29, 0.717) is 18.4 Å². The number of hydrogen-bond acceptors (Lipinski definition) is 3. The van der Waals surface area contributed by atoms with Gasteiger partial charge in [-0.1, -0.05) is 13.3 Å². The Bertz CT molecular complexity index is 378. The molecule has 0 amide bonds. The Morgan fingerprint density at radius 3 is 2.72 bits per heavy atom. The van der Waals surface area contributed by atoms with Gasteiger partial charge in [-0.05, 0) is 32.1 Å². The molecule has 4 heteroatoms. The summed E-state index contributed by atoms with van der Waals surface area (Å²) in [7, 11) is 0. The van der Waals surface area contributed by atoms with Crippen LogP contribution in [0.4, 0.5) is 0 Å². The Morgan fingerprint density at radius 1 is 1.44 bits per heavy atom. The minimum atomic E-state index is -0.280. The van der Waals surface area contributed by atoms with Crippen LogP contribution in [0, 0.1) is 5.92 Å². The lowest BCUT2D eigenvalue weighted by Crippen LogP contribution is -2.37. The van der Waals surface area contributed by atoms with Gasteiger partial charge < -0.3 is 4.74 Å². The number of alkyl halides is 1. The molecule has 2 rings (SSSR count). The molecule has 0 aliphatic heterocycles. The molecule has 0 spiro atoms. The second kappa shape index (κ2) is 5.98. The van der Waals surface area contributed by atoms with Crippen molar-refractivity contribution in [2.75, 3.05) is 6.61 Å². The monoisotopic (exact) mass is 268 g/mol. The summed E-state index contributed by atoms with van der Waals surface area (Å²) in [6.07, 6.45) is 8.12. The first-order chi connectivity index (χ1) is 8.70. The van der Waals surface area contributed by atoms with Gasteiger partial charge in [0.1, 0.15) is 5.60 Å². The number of ether oxygens (including phenoxy) is 1. The first-order valence-corrected chi connectivity index (χ1v) is 7.25. The molecule has 0 saturated heterocycles. The number of rotatable bonds is 4. The predicted octanol–water partition coefficient (Wildman–Crippen LogP) is 3.66. The van der Waals surface area contributed by atoms with E-state index in [4.69, 9.17) is 16.3 Å². The van der Waals surface area contributed by atoms with E-state index < -0.39 is 0 Å². The van der Waals surface area contributed by atoms with E-state index in [9.17, 15) is 0 Å². The number of aromatic nitrogens is 2. The Kier molecular flexibility index (Phi) is 4.57. The van der Waals surface area contributed by atoms with Crippen LogP contribution in [0.1, 0.15) is 50.9 Å². The summed E-state index contributed by atoms with van der Waals surface area (Å²) >= 11 is 5.77. The van der Waals surface area contributed by atoms with Gasteiger partial charge in [0.2, 0.25) is 0 Å². The van der Waals surface area contributed by atoms with Crippen LogP contribution in [0.25, 0.3) is 0 Å². The highest BCUT2D eigenvalue weighted by Gasteiger charge is 2.39. The van der Waals surface area contributed by atoms with Crippen molar-refractivity contribution in [3.63, 3.8) is 0 Å². The molecule has 0 radical (unpaired) electrons. The summed E-state index contributed by atoms with van der Waals surface area (Å²) < 4.78 is 6.04. The van der Waals surface area contributed by atoms with E-state index in [1.165, 1.54) is 12.8 Å². The summed E-state index contributed by atoms with van der Waals surface area (Å²) in [6.45, 7) is 5.02. The minimum Gasteiger partial charge on any atom is -0.367 e. The maximum Gasteiger partial charge on any atom is 0.160 e. The fourth-order valence-electron chi connectivity index (χ4n) is 2.84. The molecular formula is C14H21ClN2O. The van der Waals surface area contributed by atoms with E-state index in [0.717, 1.165) is 24.2 Å². The largest absolute Gasteiger partial charge is 0.367 e. The van der Waals surface area contributed by atoms with Gasteiger partial charge in [-0.25, -0.2) is 9.97 Å². The van der Waals surface area contributed by atoms with Crippen molar-refractivity contribution < 1.29 is 4.74 Å². The molecule has 0 aromatic carbocycles. The molecule has 18 heavy (non-hydrogen) atoms. The molecule has 2 atom stereocenters. The molecule has 1 aliphatic rings. The second-order valence-corrected chi connectivity index (χ2v) is 5.44. The molecule has 0 N–H and O–H groups in total. The molecule has 0 bridgehead atoms. The van der Waals surface area contributed by atoms with Crippen LogP contribution >= 0.6 is 11.6 Å². The summed E-state index contributed by atoms with van der Waals surface area (Å²) in [4.78, 5) is 8.96. The molecule has 1 heterocycles. The summed E-state index contributed by atoms with van der Waals surface area (Å²) in [5.41, 5.74) is 0.674. The second-order valence-electron chi connectivity index (χ2n) is 5.18. The first-order valence-electron chi connectivity index (χ1n) is 6.71. The highest BCUT2D eigenvalue weighted by molar-refractivity contribution is 6.17. The first kappa shape index (κ1) is 13.8. The number of nitrogens with zero attached hydrogens (tertiary/aromatic N) is 2. The van der Waals surface area contributed by atoms with Crippen molar-refractivity contribution in [3.8, 4) is 0 Å². The Labute approximate surface area is 114 Å². The highest BCUT2D eigenvalue weighted by Crippen LogP contribution is 2.41. The quantitative estimate of drug-likeness (QED) is 0.782. The van der Waals surface area contributed by atoms with Gasteiger partial charge in [-0.15, -0.1) is 11.6 Å². The summed E-state index contributed by atoms with van der Waals surface area (Å²) in [6, 6.07) is 0. The normalized spacial score (nSPS) is 28.3. The maximum absolute atomic E-state index is 6.04. The Morgan fingerprint density at radius 2 is 2.17 bits per heavy atom. The lowest BCUT2D eigenvalue weighted by molar-refractivity contribution is -0.0881.